The molecule has 0 unspecified atom stereocenters. The molecule has 1 aromatic heterocycles. The molecule has 0 fully saturated rings. The Labute approximate surface area is 158 Å². The highest BCUT2D eigenvalue weighted by Gasteiger charge is 2.13. The van der Waals surface area contributed by atoms with Crippen LogP contribution >= 0.6 is 0 Å². The molecule has 1 atom stereocenters. The third-order valence-electron chi connectivity index (χ3n) is 4.61. The lowest BCUT2D eigenvalue weighted by molar-refractivity contribution is 0.0874. The number of hydrogen-bond donors (Lipinski definition) is 1. The van der Waals surface area contributed by atoms with E-state index >= 15 is 0 Å². The van der Waals surface area contributed by atoms with Crippen molar-refractivity contribution in [1.82, 2.24) is 9.78 Å². The third kappa shape index (κ3) is 4.44. The molecule has 5 nitrogen and oxygen atoms in total. The number of aliphatic hydroxyl groups is 1. The van der Waals surface area contributed by atoms with Gasteiger partial charge in [-0.3, -0.25) is 4.79 Å². The summed E-state index contributed by atoms with van der Waals surface area (Å²) in [7, 11) is 0. The molecule has 0 saturated carbocycles. The zero-order valence-corrected chi connectivity index (χ0v) is 15.8. The van der Waals surface area contributed by atoms with Crippen LogP contribution < -0.4 is 10.3 Å². The van der Waals surface area contributed by atoms with Crippen LogP contribution in [0.5, 0.6) is 5.75 Å². The van der Waals surface area contributed by atoms with Crippen LogP contribution in [0.2, 0.25) is 0 Å². The topological polar surface area (TPSA) is 64.3 Å². The fraction of sp³-hybridized carbons (Fsp3) is 0.273. The summed E-state index contributed by atoms with van der Waals surface area (Å²) in [6.07, 6.45) is -0.847. The first kappa shape index (κ1) is 18.9. The maximum Gasteiger partial charge on any atom is 0.266 e. The molecular weight excluding hydrogens is 340 g/mol. The Bertz CT molecular complexity index is 981. The summed E-state index contributed by atoms with van der Waals surface area (Å²) in [5, 5.41) is 14.8. The second-order valence-corrected chi connectivity index (χ2v) is 6.72. The first-order valence-electron chi connectivity index (χ1n) is 8.97. The van der Waals surface area contributed by atoms with Gasteiger partial charge in [-0.15, -0.1) is 0 Å². The van der Waals surface area contributed by atoms with Crippen LogP contribution in [0.4, 0.5) is 0 Å². The highest BCUT2D eigenvalue weighted by atomic mass is 16.5. The minimum atomic E-state index is -0.847. The summed E-state index contributed by atoms with van der Waals surface area (Å²) in [6, 6.07) is 16.8. The molecule has 0 aliphatic rings. The monoisotopic (exact) mass is 364 g/mol. The molecule has 0 bridgehead atoms. The SMILES string of the molecule is Cc1ccc(C)c(OC[C@@H](O)Cn2nc(-c3ccccc3)ccc2=O)c1C. The number of aliphatic hydroxyl groups excluding tert-OH is 1. The molecule has 0 spiro atoms. The van der Waals surface area contributed by atoms with Gasteiger partial charge in [0.25, 0.3) is 5.56 Å². The van der Waals surface area contributed by atoms with Crippen molar-refractivity contribution < 1.29 is 9.84 Å². The average molecular weight is 364 g/mol. The quantitative estimate of drug-likeness (QED) is 0.729. The van der Waals surface area contributed by atoms with Crippen molar-refractivity contribution in [2.75, 3.05) is 6.61 Å². The Hall–Kier alpha value is -2.92. The Kier molecular flexibility index (Phi) is 5.72. The number of aromatic nitrogens is 2. The van der Waals surface area contributed by atoms with Crippen molar-refractivity contribution in [2.45, 2.75) is 33.4 Å². The minimum Gasteiger partial charge on any atom is -0.490 e. The third-order valence-corrected chi connectivity index (χ3v) is 4.61. The number of rotatable bonds is 6. The van der Waals surface area contributed by atoms with E-state index < -0.39 is 6.10 Å². The van der Waals surface area contributed by atoms with Gasteiger partial charge < -0.3 is 9.84 Å². The van der Waals surface area contributed by atoms with E-state index in [4.69, 9.17) is 4.74 Å². The van der Waals surface area contributed by atoms with E-state index in [-0.39, 0.29) is 18.7 Å². The van der Waals surface area contributed by atoms with Gasteiger partial charge in [0.2, 0.25) is 0 Å². The zero-order chi connectivity index (χ0) is 19.4. The van der Waals surface area contributed by atoms with Crippen LogP contribution in [0.3, 0.4) is 0 Å². The van der Waals surface area contributed by atoms with Gasteiger partial charge in [-0.25, -0.2) is 4.68 Å². The zero-order valence-electron chi connectivity index (χ0n) is 15.8. The van der Waals surface area contributed by atoms with Crippen molar-refractivity contribution in [3.05, 3.63) is 81.6 Å². The van der Waals surface area contributed by atoms with Gasteiger partial charge in [0.1, 0.15) is 18.5 Å². The molecule has 0 radical (unpaired) electrons. The fourth-order valence-corrected chi connectivity index (χ4v) is 2.92. The number of nitrogens with zero attached hydrogens (tertiary/aromatic N) is 2. The predicted octanol–water partition coefficient (Wildman–Crippen LogP) is 3.28. The summed E-state index contributed by atoms with van der Waals surface area (Å²) in [4.78, 5) is 12.1. The van der Waals surface area contributed by atoms with Crippen molar-refractivity contribution in [2.24, 2.45) is 0 Å². The highest BCUT2D eigenvalue weighted by molar-refractivity contribution is 5.57. The number of aryl methyl sites for hydroxylation is 2. The number of hydrogen-bond acceptors (Lipinski definition) is 4. The molecule has 0 saturated heterocycles. The molecule has 0 aliphatic heterocycles. The van der Waals surface area contributed by atoms with Crippen molar-refractivity contribution in [1.29, 1.82) is 0 Å². The predicted molar refractivity (Wildman–Crippen MR) is 106 cm³/mol. The molecule has 0 amide bonds. The second-order valence-electron chi connectivity index (χ2n) is 6.72. The summed E-state index contributed by atoms with van der Waals surface area (Å²) in [6.45, 7) is 6.16. The van der Waals surface area contributed by atoms with Gasteiger partial charge in [0, 0.05) is 11.6 Å². The standard InChI is InChI=1S/C22H24N2O3/c1-15-9-10-16(2)22(17(15)3)27-14-19(25)13-24-21(26)12-11-20(23-24)18-7-5-4-6-8-18/h4-12,19,25H,13-14H2,1-3H3/t19-/m0/s1. The van der Waals surface area contributed by atoms with E-state index in [1.54, 1.807) is 6.07 Å². The van der Waals surface area contributed by atoms with E-state index in [1.165, 1.54) is 10.7 Å². The average Bonchev–Trinajstić information content (AvgIpc) is 2.67. The summed E-state index contributed by atoms with van der Waals surface area (Å²) >= 11 is 0. The largest absolute Gasteiger partial charge is 0.490 e. The van der Waals surface area contributed by atoms with Crippen LogP contribution in [-0.2, 0) is 6.54 Å². The van der Waals surface area contributed by atoms with Gasteiger partial charge in [0.15, 0.2) is 0 Å². The normalized spacial score (nSPS) is 12.0. The molecule has 5 heteroatoms. The van der Waals surface area contributed by atoms with Gasteiger partial charge in [-0.1, -0.05) is 42.5 Å². The first-order chi connectivity index (χ1) is 13.0. The molecule has 0 aliphatic carbocycles. The molecule has 140 valence electrons. The maximum absolute atomic E-state index is 12.1. The van der Waals surface area contributed by atoms with Gasteiger partial charge in [-0.2, -0.15) is 5.10 Å². The Morgan fingerprint density at radius 2 is 1.70 bits per heavy atom. The lowest BCUT2D eigenvalue weighted by Gasteiger charge is -2.17. The van der Waals surface area contributed by atoms with Gasteiger partial charge in [-0.05, 0) is 43.5 Å². The lowest BCUT2D eigenvalue weighted by atomic mass is 10.1. The van der Waals surface area contributed by atoms with Crippen LogP contribution in [0.15, 0.2) is 59.4 Å². The summed E-state index contributed by atoms with van der Waals surface area (Å²) < 4.78 is 7.13. The first-order valence-corrected chi connectivity index (χ1v) is 8.97. The summed E-state index contributed by atoms with van der Waals surface area (Å²) in [5.41, 5.74) is 4.57. The van der Waals surface area contributed by atoms with E-state index in [2.05, 4.69) is 5.10 Å². The van der Waals surface area contributed by atoms with E-state index in [0.717, 1.165) is 28.0 Å². The fourth-order valence-electron chi connectivity index (χ4n) is 2.92. The molecule has 1 heterocycles. The maximum atomic E-state index is 12.1. The molecule has 3 rings (SSSR count). The minimum absolute atomic E-state index is 0.0728. The van der Waals surface area contributed by atoms with E-state index in [0.29, 0.717) is 5.69 Å². The van der Waals surface area contributed by atoms with Crippen LogP contribution in [0.1, 0.15) is 16.7 Å². The van der Waals surface area contributed by atoms with Crippen molar-refractivity contribution >= 4 is 0 Å². The molecular formula is C22H24N2O3. The van der Waals surface area contributed by atoms with Gasteiger partial charge in [0.05, 0.1) is 12.2 Å². The number of ether oxygens (including phenoxy) is 1. The Balaban J connectivity index is 1.72. The smallest absolute Gasteiger partial charge is 0.266 e. The Morgan fingerprint density at radius 1 is 1.00 bits per heavy atom. The van der Waals surface area contributed by atoms with E-state index in [1.807, 2.05) is 63.2 Å². The summed E-state index contributed by atoms with van der Waals surface area (Å²) in [5.74, 6) is 0.785. The molecule has 2 aromatic carbocycles. The number of benzene rings is 2. The van der Waals surface area contributed by atoms with Crippen LogP contribution in [0.25, 0.3) is 11.3 Å². The van der Waals surface area contributed by atoms with Crippen LogP contribution in [0, 0.1) is 20.8 Å². The molecule has 3 aromatic rings. The van der Waals surface area contributed by atoms with Crippen LogP contribution in [-0.4, -0.2) is 27.6 Å². The Morgan fingerprint density at radius 3 is 2.44 bits per heavy atom. The highest BCUT2D eigenvalue weighted by Crippen LogP contribution is 2.25. The molecule has 27 heavy (non-hydrogen) atoms. The van der Waals surface area contributed by atoms with Gasteiger partial charge >= 0.3 is 0 Å². The second kappa shape index (κ2) is 8.18. The lowest BCUT2D eigenvalue weighted by Crippen LogP contribution is -2.31. The van der Waals surface area contributed by atoms with Crippen molar-refractivity contribution in [3.8, 4) is 17.0 Å². The van der Waals surface area contributed by atoms with E-state index in [9.17, 15) is 9.90 Å². The molecule has 1 N–H and O–H groups in total. The van der Waals surface area contributed by atoms with Crippen molar-refractivity contribution in [3.63, 3.8) is 0 Å².